The van der Waals surface area contributed by atoms with E-state index in [0.717, 1.165) is 4.57 Å². The molecule has 1 aliphatic rings. The summed E-state index contributed by atoms with van der Waals surface area (Å²) in [7, 11) is 0. The molecular formula is C12H17F3N2O2. The molecule has 1 fully saturated rings. The van der Waals surface area contributed by atoms with Gasteiger partial charge in [-0.3, -0.25) is 9.13 Å². The Hall–Kier alpha value is -1.24. The molecule has 2 rings (SSSR count). The first-order chi connectivity index (χ1) is 8.84. The van der Waals surface area contributed by atoms with Crippen LogP contribution in [-0.2, 0) is 6.54 Å². The van der Waals surface area contributed by atoms with Gasteiger partial charge < -0.3 is 5.11 Å². The van der Waals surface area contributed by atoms with Gasteiger partial charge in [0.1, 0.15) is 0 Å². The Morgan fingerprint density at radius 3 is 2.58 bits per heavy atom. The van der Waals surface area contributed by atoms with E-state index >= 15 is 0 Å². The fourth-order valence-electron chi connectivity index (χ4n) is 2.74. The van der Waals surface area contributed by atoms with Crippen LogP contribution in [0.15, 0.2) is 17.2 Å². The van der Waals surface area contributed by atoms with Crippen molar-refractivity contribution in [3.05, 3.63) is 22.9 Å². The van der Waals surface area contributed by atoms with Crippen LogP contribution in [0.1, 0.15) is 32.2 Å². The molecule has 0 bridgehead atoms. The molecule has 0 aliphatic heterocycles. The molecule has 1 saturated carbocycles. The lowest BCUT2D eigenvalue weighted by molar-refractivity contribution is -0.198. The molecule has 1 aromatic heterocycles. The van der Waals surface area contributed by atoms with Crippen LogP contribution in [0.5, 0.6) is 0 Å². The van der Waals surface area contributed by atoms with Crippen molar-refractivity contribution in [3.8, 4) is 0 Å². The molecule has 4 nitrogen and oxygen atoms in total. The number of aromatic nitrogens is 2. The van der Waals surface area contributed by atoms with Crippen LogP contribution in [0.4, 0.5) is 13.2 Å². The van der Waals surface area contributed by atoms with Gasteiger partial charge in [-0.1, -0.05) is 0 Å². The van der Waals surface area contributed by atoms with E-state index < -0.39 is 29.9 Å². The average molecular weight is 278 g/mol. The van der Waals surface area contributed by atoms with Gasteiger partial charge in [0.25, 0.3) is 0 Å². The topological polar surface area (TPSA) is 47.2 Å². The van der Waals surface area contributed by atoms with E-state index in [2.05, 4.69) is 0 Å². The third kappa shape index (κ3) is 2.70. The quantitative estimate of drug-likeness (QED) is 0.898. The normalized spacial score (nSPS) is 28.6. The van der Waals surface area contributed by atoms with Crippen LogP contribution in [0.25, 0.3) is 0 Å². The molecule has 3 unspecified atom stereocenters. The van der Waals surface area contributed by atoms with E-state index in [-0.39, 0.29) is 19.3 Å². The monoisotopic (exact) mass is 278 g/mol. The van der Waals surface area contributed by atoms with Crippen LogP contribution in [0, 0.1) is 5.92 Å². The van der Waals surface area contributed by atoms with Gasteiger partial charge in [0.15, 0.2) is 0 Å². The highest BCUT2D eigenvalue weighted by Gasteiger charge is 2.48. The molecule has 1 aromatic rings. The van der Waals surface area contributed by atoms with Crippen LogP contribution < -0.4 is 5.69 Å². The summed E-state index contributed by atoms with van der Waals surface area (Å²) < 4.78 is 41.5. The number of nitrogens with zero attached hydrogens (tertiary/aromatic N) is 2. The van der Waals surface area contributed by atoms with Crippen LogP contribution >= 0.6 is 0 Å². The van der Waals surface area contributed by atoms with E-state index in [0.29, 0.717) is 6.54 Å². The summed E-state index contributed by atoms with van der Waals surface area (Å²) in [6.45, 7) is 2.17. The number of hydrogen-bond donors (Lipinski definition) is 1. The van der Waals surface area contributed by atoms with Gasteiger partial charge in [0.2, 0.25) is 0 Å². The lowest BCUT2D eigenvalue weighted by atomic mass is 9.82. The minimum atomic E-state index is -4.35. The minimum absolute atomic E-state index is 0.0299. The first kappa shape index (κ1) is 14.2. The van der Waals surface area contributed by atoms with Crippen molar-refractivity contribution >= 4 is 0 Å². The highest BCUT2D eigenvalue weighted by atomic mass is 19.4. The maximum atomic E-state index is 13.0. The van der Waals surface area contributed by atoms with Crippen LogP contribution in [0.3, 0.4) is 0 Å². The van der Waals surface area contributed by atoms with Gasteiger partial charge in [0, 0.05) is 18.9 Å². The molecular weight excluding hydrogens is 261 g/mol. The Bertz CT molecular complexity index is 492. The zero-order valence-electron chi connectivity index (χ0n) is 10.6. The van der Waals surface area contributed by atoms with E-state index in [9.17, 15) is 23.1 Å². The Morgan fingerprint density at radius 1 is 1.37 bits per heavy atom. The zero-order chi connectivity index (χ0) is 14.2. The van der Waals surface area contributed by atoms with Crippen molar-refractivity contribution in [1.29, 1.82) is 0 Å². The third-order valence-corrected chi connectivity index (χ3v) is 3.78. The number of halogens is 3. The Kier molecular flexibility index (Phi) is 3.75. The van der Waals surface area contributed by atoms with Crippen molar-refractivity contribution in [1.82, 2.24) is 9.13 Å². The first-order valence-electron chi connectivity index (χ1n) is 6.36. The third-order valence-electron chi connectivity index (χ3n) is 3.78. The van der Waals surface area contributed by atoms with E-state index in [1.165, 1.54) is 17.0 Å². The number of imidazole rings is 1. The van der Waals surface area contributed by atoms with Crippen molar-refractivity contribution in [2.75, 3.05) is 0 Å². The van der Waals surface area contributed by atoms with Crippen LogP contribution in [0.2, 0.25) is 0 Å². The lowest BCUT2D eigenvalue weighted by Crippen LogP contribution is -2.42. The van der Waals surface area contributed by atoms with Gasteiger partial charge in [-0.05, 0) is 26.2 Å². The summed E-state index contributed by atoms with van der Waals surface area (Å²) in [5.41, 5.74) is -0.448. The predicted molar refractivity (Wildman–Crippen MR) is 62.8 cm³/mol. The maximum Gasteiger partial charge on any atom is 0.393 e. The van der Waals surface area contributed by atoms with Crippen molar-refractivity contribution in [3.63, 3.8) is 0 Å². The molecule has 1 heterocycles. The van der Waals surface area contributed by atoms with Gasteiger partial charge >= 0.3 is 11.9 Å². The van der Waals surface area contributed by atoms with E-state index in [1.54, 1.807) is 6.92 Å². The highest BCUT2D eigenvalue weighted by Crippen LogP contribution is 2.43. The predicted octanol–water partition coefficient (Wildman–Crippen LogP) is 1.93. The molecule has 1 aliphatic carbocycles. The fourth-order valence-corrected chi connectivity index (χ4v) is 2.74. The summed E-state index contributed by atoms with van der Waals surface area (Å²) in [4.78, 5) is 12.0. The summed E-state index contributed by atoms with van der Waals surface area (Å²) in [6, 6.07) is -1.01. The number of rotatable bonds is 2. The molecule has 0 saturated heterocycles. The maximum absolute atomic E-state index is 13.0. The van der Waals surface area contributed by atoms with Gasteiger partial charge in [-0.2, -0.15) is 13.2 Å². The molecule has 7 heteroatoms. The first-order valence-corrected chi connectivity index (χ1v) is 6.36. The summed E-state index contributed by atoms with van der Waals surface area (Å²) in [5, 5.41) is 9.59. The minimum Gasteiger partial charge on any atom is -0.393 e. The van der Waals surface area contributed by atoms with Crippen molar-refractivity contribution < 1.29 is 18.3 Å². The number of aliphatic hydroxyl groups excluding tert-OH is 1. The smallest absolute Gasteiger partial charge is 0.393 e. The lowest BCUT2D eigenvalue weighted by Gasteiger charge is -2.35. The Labute approximate surface area is 108 Å². The number of alkyl halides is 3. The van der Waals surface area contributed by atoms with Gasteiger partial charge in [-0.15, -0.1) is 0 Å². The van der Waals surface area contributed by atoms with Crippen molar-refractivity contribution in [2.24, 2.45) is 5.92 Å². The molecule has 0 spiro atoms. The number of aliphatic hydroxyl groups is 1. The van der Waals surface area contributed by atoms with Gasteiger partial charge in [0.05, 0.1) is 18.1 Å². The summed E-state index contributed by atoms with van der Waals surface area (Å²) >= 11 is 0. The van der Waals surface area contributed by atoms with Crippen molar-refractivity contribution in [2.45, 2.75) is 51.1 Å². The second kappa shape index (κ2) is 5.03. The van der Waals surface area contributed by atoms with Gasteiger partial charge in [-0.25, -0.2) is 4.79 Å². The molecule has 108 valence electrons. The zero-order valence-corrected chi connectivity index (χ0v) is 10.6. The van der Waals surface area contributed by atoms with Crippen LogP contribution in [-0.4, -0.2) is 26.5 Å². The molecule has 0 amide bonds. The fraction of sp³-hybridized carbons (Fsp3) is 0.750. The molecule has 0 radical (unpaired) electrons. The SMILES string of the molecule is CCn1ccn(C2CC(O)CCC2C(F)(F)F)c1=O. The average Bonchev–Trinajstić information content (AvgIpc) is 2.68. The number of hydrogen-bond acceptors (Lipinski definition) is 2. The molecule has 1 N–H and O–H groups in total. The molecule has 0 aromatic carbocycles. The molecule has 19 heavy (non-hydrogen) atoms. The Morgan fingerprint density at radius 2 is 2.05 bits per heavy atom. The van der Waals surface area contributed by atoms with E-state index in [4.69, 9.17) is 0 Å². The second-order valence-corrected chi connectivity index (χ2v) is 4.96. The van der Waals surface area contributed by atoms with E-state index in [1.807, 2.05) is 0 Å². The standard InChI is InChI=1S/C12H17F3N2O2/c1-2-16-5-6-17(11(16)19)10-7-8(18)3-4-9(10)12(13,14)15/h5-6,8-10,18H,2-4,7H2,1H3. The largest absolute Gasteiger partial charge is 0.393 e. The highest BCUT2D eigenvalue weighted by molar-refractivity contribution is 4.93. The summed E-state index contributed by atoms with van der Waals surface area (Å²) in [6.07, 6.45) is -2.30. The molecule has 3 atom stereocenters. The Balaban J connectivity index is 2.37. The number of aryl methyl sites for hydroxylation is 1. The second-order valence-electron chi connectivity index (χ2n) is 4.96. The summed E-state index contributed by atoms with van der Waals surface area (Å²) in [5.74, 6) is -1.57.